The Hall–Kier alpha value is -3.03. The lowest BCUT2D eigenvalue weighted by Gasteiger charge is -2.18. The summed E-state index contributed by atoms with van der Waals surface area (Å²) in [6.07, 6.45) is 2.52. The molecule has 1 amide bonds. The van der Waals surface area contributed by atoms with E-state index < -0.39 is 17.5 Å². The van der Waals surface area contributed by atoms with Crippen molar-refractivity contribution in [3.63, 3.8) is 0 Å². The van der Waals surface area contributed by atoms with E-state index in [1.807, 2.05) is 11.8 Å². The Labute approximate surface area is 148 Å². The average molecular weight is 358 g/mol. The van der Waals surface area contributed by atoms with E-state index in [9.17, 15) is 13.6 Å². The Morgan fingerprint density at radius 2 is 2.19 bits per heavy atom. The molecule has 3 heterocycles. The van der Waals surface area contributed by atoms with Crippen molar-refractivity contribution in [3.05, 3.63) is 46.7 Å². The molecule has 134 valence electrons. The number of aliphatic imine (C=N–C) groups is 2. The van der Waals surface area contributed by atoms with E-state index in [4.69, 9.17) is 4.42 Å². The van der Waals surface area contributed by atoms with E-state index >= 15 is 0 Å². The number of aryl methyl sites for hydroxylation is 1. The lowest BCUT2D eigenvalue weighted by atomic mass is 10.1. The van der Waals surface area contributed by atoms with Gasteiger partial charge in [0.25, 0.3) is 5.91 Å². The Balaban J connectivity index is 1.72. The van der Waals surface area contributed by atoms with Crippen LogP contribution >= 0.6 is 0 Å². The first-order valence-electron chi connectivity index (χ1n) is 8.26. The first-order chi connectivity index (χ1) is 12.5. The van der Waals surface area contributed by atoms with E-state index in [0.717, 1.165) is 18.6 Å². The Morgan fingerprint density at radius 1 is 1.38 bits per heavy atom. The van der Waals surface area contributed by atoms with E-state index in [1.54, 1.807) is 13.3 Å². The van der Waals surface area contributed by atoms with E-state index in [0.29, 0.717) is 35.2 Å². The number of hydrogen-bond acceptors (Lipinski definition) is 5. The number of amides is 1. The summed E-state index contributed by atoms with van der Waals surface area (Å²) in [5.41, 5.74) is 0.974. The van der Waals surface area contributed by atoms with Crippen molar-refractivity contribution in [1.29, 1.82) is 0 Å². The molecule has 2 aliphatic rings. The van der Waals surface area contributed by atoms with Crippen molar-refractivity contribution in [1.82, 2.24) is 4.90 Å². The Morgan fingerprint density at radius 3 is 2.92 bits per heavy atom. The zero-order chi connectivity index (χ0) is 18.4. The van der Waals surface area contributed by atoms with Gasteiger partial charge in [0.1, 0.15) is 17.9 Å². The molecule has 1 atom stereocenters. The molecule has 2 aromatic rings. The molecular weight excluding hydrogens is 342 g/mol. The first-order valence-corrected chi connectivity index (χ1v) is 8.26. The second kappa shape index (κ2) is 6.05. The highest BCUT2D eigenvalue weighted by Crippen LogP contribution is 2.35. The van der Waals surface area contributed by atoms with Crippen LogP contribution < -0.4 is 5.32 Å². The van der Waals surface area contributed by atoms with Gasteiger partial charge in [-0.3, -0.25) is 9.79 Å². The van der Waals surface area contributed by atoms with Crippen molar-refractivity contribution in [2.45, 2.75) is 26.3 Å². The summed E-state index contributed by atoms with van der Waals surface area (Å²) in [6.45, 7) is 4.40. The Kier molecular flexibility index (Phi) is 3.82. The molecule has 26 heavy (non-hydrogen) atoms. The molecule has 0 saturated carbocycles. The number of nitrogens with one attached hydrogen (secondary N) is 1. The van der Waals surface area contributed by atoms with Crippen LogP contribution in [0.3, 0.4) is 0 Å². The van der Waals surface area contributed by atoms with Crippen molar-refractivity contribution >= 4 is 29.7 Å². The van der Waals surface area contributed by atoms with Gasteiger partial charge in [-0.05, 0) is 25.5 Å². The van der Waals surface area contributed by atoms with Crippen molar-refractivity contribution in [2.75, 3.05) is 11.9 Å². The molecule has 8 heteroatoms. The maximum Gasteiger partial charge on any atom is 0.260 e. The predicted octanol–water partition coefficient (Wildman–Crippen LogP) is 3.63. The van der Waals surface area contributed by atoms with E-state index in [2.05, 4.69) is 15.3 Å². The summed E-state index contributed by atoms with van der Waals surface area (Å²) in [5, 5.41) is 2.58. The normalized spacial score (nSPS) is 17.8. The van der Waals surface area contributed by atoms with Crippen molar-refractivity contribution in [2.24, 2.45) is 9.98 Å². The molecule has 0 aliphatic carbocycles. The first kappa shape index (κ1) is 16.4. The summed E-state index contributed by atoms with van der Waals surface area (Å²) < 4.78 is 32.1. The molecule has 4 rings (SSSR count). The SMILES string of the molecule is CC[C@H]1CN2C=Nc3oc(C)c(C(=O)Nc4ccc(F)c(F)c4)c3C2=N1. The highest BCUT2D eigenvalue weighted by atomic mass is 19.2. The smallest absolute Gasteiger partial charge is 0.260 e. The number of carbonyl (C=O) groups is 1. The molecular formula is C18H16F2N4O2. The largest absolute Gasteiger partial charge is 0.442 e. The maximum atomic E-state index is 13.4. The summed E-state index contributed by atoms with van der Waals surface area (Å²) in [4.78, 5) is 23.6. The molecule has 0 fully saturated rings. The monoisotopic (exact) mass is 358 g/mol. The standard InChI is InChI=1S/C18H16F2N4O2/c1-3-10-7-24-8-21-18-15(16(24)22-10)14(9(2)26-18)17(25)23-11-4-5-12(19)13(20)6-11/h4-6,8,10H,3,7H2,1-2H3,(H,23,25)/t10-/m0/s1. The molecule has 1 aromatic heterocycles. The van der Waals surface area contributed by atoms with Gasteiger partial charge in [0, 0.05) is 18.3 Å². The van der Waals surface area contributed by atoms with Crippen molar-refractivity contribution < 1.29 is 18.0 Å². The van der Waals surface area contributed by atoms with Crippen LogP contribution in [-0.2, 0) is 0 Å². The fraction of sp³-hybridized carbons (Fsp3) is 0.278. The van der Waals surface area contributed by atoms with Crippen LogP contribution in [0.25, 0.3) is 0 Å². The number of furan rings is 1. The molecule has 0 unspecified atom stereocenters. The fourth-order valence-corrected chi connectivity index (χ4v) is 3.12. The van der Waals surface area contributed by atoms with Crippen LogP contribution in [0.5, 0.6) is 0 Å². The number of anilines is 1. The van der Waals surface area contributed by atoms with Crippen LogP contribution in [0.4, 0.5) is 20.4 Å². The Bertz CT molecular complexity index is 964. The van der Waals surface area contributed by atoms with Gasteiger partial charge >= 0.3 is 0 Å². The van der Waals surface area contributed by atoms with Gasteiger partial charge in [0.2, 0.25) is 5.88 Å². The number of amidine groups is 1. The molecule has 0 spiro atoms. The van der Waals surface area contributed by atoms with Gasteiger partial charge in [0.05, 0.1) is 17.2 Å². The number of fused-ring (bicyclic) bond motifs is 3. The van der Waals surface area contributed by atoms with Gasteiger partial charge in [-0.15, -0.1) is 0 Å². The number of rotatable bonds is 3. The number of hydrogen-bond donors (Lipinski definition) is 1. The quantitative estimate of drug-likeness (QED) is 0.911. The van der Waals surface area contributed by atoms with E-state index in [1.165, 1.54) is 6.07 Å². The molecule has 1 N–H and O–H groups in total. The minimum absolute atomic E-state index is 0.125. The summed E-state index contributed by atoms with van der Waals surface area (Å²) in [7, 11) is 0. The van der Waals surface area contributed by atoms with Gasteiger partial charge in [-0.2, -0.15) is 0 Å². The van der Waals surface area contributed by atoms with Crippen LogP contribution in [0, 0.1) is 18.6 Å². The third-order valence-corrected chi connectivity index (χ3v) is 4.46. The van der Waals surface area contributed by atoms with Gasteiger partial charge in [0.15, 0.2) is 11.6 Å². The minimum atomic E-state index is -1.03. The minimum Gasteiger partial charge on any atom is -0.442 e. The molecule has 0 radical (unpaired) electrons. The van der Waals surface area contributed by atoms with Crippen LogP contribution in [0.15, 0.2) is 32.6 Å². The number of benzene rings is 1. The topological polar surface area (TPSA) is 70.2 Å². The lowest BCUT2D eigenvalue weighted by molar-refractivity contribution is 0.102. The van der Waals surface area contributed by atoms with Gasteiger partial charge in [-0.1, -0.05) is 6.92 Å². The van der Waals surface area contributed by atoms with E-state index in [-0.39, 0.29) is 11.7 Å². The lowest BCUT2D eigenvalue weighted by Crippen LogP contribution is -2.31. The highest BCUT2D eigenvalue weighted by molar-refractivity contribution is 6.19. The number of halogens is 2. The van der Waals surface area contributed by atoms with Gasteiger partial charge in [-0.25, -0.2) is 13.8 Å². The molecule has 6 nitrogen and oxygen atoms in total. The molecule has 0 saturated heterocycles. The predicted molar refractivity (Wildman–Crippen MR) is 93.2 cm³/mol. The summed E-state index contributed by atoms with van der Waals surface area (Å²) in [5.74, 6) is -1.14. The summed E-state index contributed by atoms with van der Waals surface area (Å²) in [6, 6.07) is 3.31. The van der Waals surface area contributed by atoms with Crippen molar-refractivity contribution in [3.8, 4) is 0 Å². The van der Waals surface area contributed by atoms with Crippen LogP contribution in [-0.4, -0.2) is 35.6 Å². The molecule has 1 aromatic carbocycles. The van der Waals surface area contributed by atoms with Crippen LogP contribution in [0.1, 0.15) is 35.0 Å². The third kappa shape index (κ3) is 2.58. The summed E-state index contributed by atoms with van der Waals surface area (Å²) >= 11 is 0. The number of nitrogens with zero attached hydrogens (tertiary/aromatic N) is 3. The zero-order valence-corrected chi connectivity index (χ0v) is 14.2. The fourth-order valence-electron chi connectivity index (χ4n) is 3.12. The average Bonchev–Trinajstić information content (AvgIpc) is 3.17. The van der Waals surface area contributed by atoms with Crippen LogP contribution in [0.2, 0.25) is 0 Å². The second-order valence-electron chi connectivity index (χ2n) is 6.21. The zero-order valence-electron chi connectivity index (χ0n) is 14.2. The molecule has 0 bridgehead atoms. The van der Waals surface area contributed by atoms with Gasteiger partial charge < -0.3 is 14.6 Å². The second-order valence-corrected chi connectivity index (χ2v) is 6.21. The molecule has 2 aliphatic heterocycles. The third-order valence-electron chi connectivity index (χ3n) is 4.46. The maximum absolute atomic E-state index is 13.4. The highest BCUT2D eigenvalue weighted by Gasteiger charge is 2.35. The number of carbonyl (C=O) groups excluding carboxylic acids is 1.